The van der Waals surface area contributed by atoms with Crippen molar-refractivity contribution in [2.75, 3.05) is 14.1 Å². The van der Waals surface area contributed by atoms with E-state index in [2.05, 4.69) is 54.5 Å². The molecule has 23 heavy (non-hydrogen) atoms. The van der Waals surface area contributed by atoms with Gasteiger partial charge in [-0.05, 0) is 44.3 Å². The summed E-state index contributed by atoms with van der Waals surface area (Å²) in [7, 11) is 4.13. The van der Waals surface area contributed by atoms with Gasteiger partial charge < -0.3 is 4.90 Å². The Bertz CT molecular complexity index is 627. The SMILES string of the molecule is CC.Cc1ccc(Sc2ccccc2CN(C)C)c(CN=O)c1. The average molecular weight is 330 g/mol. The first kappa shape index (κ1) is 19.4. The summed E-state index contributed by atoms with van der Waals surface area (Å²) in [6.07, 6.45) is 0. The maximum atomic E-state index is 10.6. The third-order valence-electron chi connectivity index (χ3n) is 3.13. The molecule has 0 heterocycles. The fourth-order valence-electron chi connectivity index (χ4n) is 2.19. The van der Waals surface area contributed by atoms with Crippen LogP contribution in [-0.2, 0) is 13.1 Å². The van der Waals surface area contributed by atoms with Gasteiger partial charge in [0.25, 0.3) is 0 Å². The van der Waals surface area contributed by atoms with Gasteiger partial charge in [-0.2, -0.15) is 4.91 Å². The summed E-state index contributed by atoms with van der Waals surface area (Å²) in [6.45, 7) is 7.15. The number of nitrogens with zero attached hydrogens (tertiary/aromatic N) is 2. The Morgan fingerprint density at radius 3 is 2.30 bits per heavy atom. The standard InChI is InChI=1S/C17H20N2OS.C2H6/c1-13-8-9-17(15(10-13)11-18-20)21-16-7-5-4-6-14(16)12-19(2)3;1-2/h4-10H,11-12H2,1-3H3;1-2H3. The highest BCUT2D eigenvalue weighted by Gasteiger charge is 2.09. The fraction of sp³-hybridized carbons (Fsp3) is 0.368. The molecule has 2 aromatic carbocycles. The van der Waals surface area contributed by atoms with Crippen LogP contribution in [-0.4, -0.2) is 19.0 Å². The van der Waals surface area contributed by atoms with Crippen molar-refractivity contribution in [1.29, 1.82) is 0 Å². The summed E-state index contributed by atoms with van der Waals surface area (Å²) in [5, 5.41) is 3.05. The molecule has 0 aliphatic heterocycles. The Hall–Kier alpha value is -1.65. The largest absolute Gasteiger partial charge is 0.305 e. The molecule has 0 saturated carbocycles. The molecule has 0 spiro atoms. The van der Waals surface area contributed by atoms with Gasteiger partial charge in [0.15, 0.2) is 0 Å². The van der Waals surface area contributed by atoms with Crippen molar-refractivity contribution in [3.8, 4) is 0 Å². The van der Waals surface area contributed by atoms with Gasteiger partial charge in [0, 0.05) is 16.3 Å². The summed E-state index contributed by atoms with van der Waals surface area (Å²) >= 11 is 1.71. The molecule has 0 N–H and O–H groups in total. The van der Waals surface area contributed by atoms with Crippen molar-refractivity contribution in [1.82, 2.24) is 4.90 Å². The lowest BCUT2D eigenvalue weighted by molar-refractivity contribution is 0.399. The normalized spacial score (nSPS) is 10.2. The lowest BCUT2D eigenvalue weighted by Gasteiger charge is -2.15. The van der Waals surface area contributed by atoms with Crippen LogP contribution < -0.4 is 0 Å². The third-order valence-corrected chi connectivity index (χ3v) is 4.37. The summed E-state index contributed by atoms with van der Waals surface area (Å²) in [5.74, 6) is 0. The fourth-order valence-corrected chi connectivity index (χ4v) is 3.23. The Morgan fingerprint density at radius 1 is 1.00 bits per heavy atom. The zero-order chi connectivity index (χ0) is 17.2. The van der Waals surface area contributed by atoms with E-state index in [0.29, 0.717) is 0 Å². The predicted molar refractivity (Wildman–Crippen MR) is 100.0 cm³/mol. The van der Waals surface area contributed by atoms with E-state index in [4.69, 9.17) is 0 Å². The average Bonchev–Trinajstić information content (AvgIpc) is 2.53. The number of nitroso groups, excluding NO2 is 1. The first-order valence-corrected chi connectivity index (χ1v) is 8.71. The van der Waals surface area contributed by atoms with E-state index in [1.807, 2.05) is 32.9 Å². The Labute approximate surface area is 144 Å². The molecule has 124 valence electrons. The highest BCUT2D eigenvalue weighted by Crippen LogP contribution is 2.34. The number of rotatable bonds is 6. The van der Waals surface area contributed by atoms with Gasteiger partial charge >= 0.3 is 0 Å². The summed E-state index contributed by atoms with van der Waals surface area (Å²) in [6, 6.07) is 14.6. The number of hydrogen-bond acceptors (Lipinski definition) is 4. The van der Waals surface area contributed by atoms with Crippen LogP contribution in [0.3, 0.4) is 0 Å². The zero-order valence-corrected chi connectivity index (χ0v) is 15.5. The maximum absolute atomic E-state index is 10.6. The number of hydrogen-bond donors (Lipinski definition) is 0. The molecule has 4 heteroatoms. The monoisotopic (exact) mass is 330 g/mol. The molecule has 0 aliphatic rings. The van der Waals surface area contributed by atoms with E-state index in [-0.39, 0.29) is 6.54 Å². The molecule has 0 fully saturated rings. The van der Waals surface area contributed by atoms with Crippen molar-refractivity contribution in [2.24, 2.45) is 5.18 Å². The lowest BCUT2D eigenvalue weighted by atomic mass is 10.1. The highest BCUT2D eigenvalue weighted by molar-refractivity contribution is 7.99. The van der Waals surface area contributed by atoms with Gasteiger partial charge in [0.2, 0.25) is 0 Å². The molecule has 0 unspecified atom stereocenters. The van der Waals surface area contributed by atoms with Gasteiger partial charge in [-0.25, -0.2) is 0 Å². The first-order valence-electron chi connectivity index (χ1n) is 7.89. The molecule has 2 rings (SSSR count). The summed E-state index contributed by atoms with van der Waals surface area (Å²) in [5.41, 5.74) is 3.44. The Balaban J connectivity index is 0.00000127. The van der Waals surface area contributed by atoms with Crippen LogP contribution >= 0.6 is 11.8 Å². The van der Waals surface area contributed by atoms with Crippen LogP contribution in [0.15, 0.2) is 57.4 Å². The predicted octanol–water partition coefficient (Wildman–Crippen LogP) is 5.50. The topological polar surface area (TPSA) is 32.7 Å². The lowest BCUT2D eigenvalue weighted by Crippen LogP contribution is -2.11. The van der Waals surface area contributed by atoms with Gasteiger partial charge in [0.05, 0.1) is 0 Å². The van der Waals surface area contributed by atoms with Gasteiger partial charge in [-0.15, -0.1) is 0 Å². The molecule has 0 bridgehead atoms. The smallest absolute Gasteiger partial charge is 0.107 e. The van der Waals surface area contributed by atoms with Crippen molar-refractivity contribution in [2.45, 2.75) is 43.7 Å². The van der Waals surface area contributed by atoms with Crippen molar-refractivity contribution in [3.05, 3.63) is 64.1 Å². The minimum atomic E-state index is 0.222. The molecule has 3 nitrogen and oxygen atoms in total. The summed E-state index contributed by atoms with van der Waals surface area (Å²) in [4.78, 5) is 15.1. The van der Waals surface area contributed by atoms with Gasteiger partial charge in [-0.1, -0.05) is 66.7 Å². The van der Waals surface area contributed by atoms with Crippen LogP contribution in [0.4, 0.5) is 0 Å². The van der Waals surface area contributed by atoms with Gasteiger partial charge in [-0.3, -0.25) is 0 Å². The number of benzene rings is 2. The van der Waals surface area contributed by atoms with Crippen LogP contribution in [0.1, 0.15) is 30.5 Å². The second kappa shape index (κ2) is 10.2. The zero-order valence-electron chi connectivity index (χ0n) is 14.7. The molecule has 0 amide bonds. The van der Waals surface area contributed by atoms with E-state index in [1.54, 1.807) is 11.8 Å². The van der Waals surface area contributed by atoms with E-state index in [1.165, 1.54) is 10.5 Å². The Morgan fingerprint density at radius 2 is 1.65 bits per heavy atom. The van der Waals surface area contributed by atoms with Crippen LogP contribution in [0.2, 0.25) is 0 Å². The minimum Gasteiger partial charge on any atom is -0.305 e. The number of aryl methyl sites for hydroxylation is 1. The molecule has 0 atom stereocenters. The van der Waals surface area contributed by atoms with E-state index in [9.17, 15) is 4.91 Å². The van der Waals surface area contributed by atoms with Crippen LogP contribution in [0.5, 0.6) is 0 Å². The molecule has 0 aromatic heterocycles. The van der Waals surface area contributed by atoms with Crippen molar-refractivity contribution in [3.63, 3.8) is 0 Å². The molecule has 0 aliphatic carbocycles. The maximum Gasteiger partial charge on any atom is 0.107 e. The van der Waals surface area contributed by atoms with E-state index < -0.39 is 0 Å². The minimum absolute atomic E-state index is 0.222. The van der Waals surface area contributed by atoms with Crippen LogP contribution in [0.25, 0.3) is 0 Å². The van der Waals surface area contributed by atoms with Crippen LogP contribution in [0, 0.1) is 11.8 Å². The molecule has 0 radical (unpaired) electrons. The molecular weight excluding hydrogens is 304 g/mol. The first-order chi connectivity index (χ1) is 11.1. The van der Waals surface area contributed by atoms with E-state index in [0.717, 1.165) is 22.6 Å². The van der Waals surface area contributed by atoms with Crippen molar-refractivity contribution < 1.29 is 0 Å². The van der Waals surface area contributed by atoms with Gasteiger partial charge in [0.1, 0.15) is 6.54 Å². The molecule has 0 saturated heterocycles. The highest BCUT2D eigenvalue weighted by atomic mass is 32.2. The quantitative estimate of drug-likeness (QED) is 0.656. The third kappa shape index (κ3) is 6.16. The second-order valence-electron chi connectivity index (χ2n) is 5.35. The second-order valence-corrected chi connectivity index (χ2v) is 6.43. The van der Waals surface area contributed by atoms with Crippen molar-refractivity contribution >= 4 is 11.8 Å². The Kier molecular flexibility index (Phi) is 8.59. The molecule has 2 aromatic rings. The molecular formula is C19H26N2OS. The summed E-state index contributed by atoms with van der Waals surface area (Å²) < 4.78 is 0. The van der Waals surface area contributed by atoms with E-state index >= 15 is 0 Å².